The molecule has 0 spiro atoms. The third kappa shape index (κ3) is 5.09. The van der Waals surface area contributed by atoms with Crippen LogP contribution in [-0.4, -0.2) is 29.7 Å². The molecule has 0 bridgehead atoms. The van der Waals surface area contributed by atoms with Gasteiger partial charge in [0.15, 0.2) is 0 Å². The summed E-state index contributed by atoms with van der Waals surface area (Å²) >= 11 is 0. The van der Waals surface area contributed by atoms with E-state index in [-0.39, 0.29) is 25.1 Å². The number of nitrogens with zero attached hydrogens (tertiary/aromatic N) is 2. The number of imidazole rings is 1. The minimum Gasteiger partial charge on any atom is -0.497 e. The van der Waals surface area contributed by atoms with Crippen molar-refractivity contribution in [2.24, 2.45) is 0 Å². The SMILES string of the molecule is COc1ccc(OC)c(C(C)NC(=O)Cn2c(COc3ccccc3)nc3ccccc32)c1. The van der Waals surface area contributed by atoms with E-state index in [1.165, 1.54) is 0 Å². The second kappa shape index (κ2) is 10.1. The van der Waals surface area contributed by atoms with E-state index in [2.05, 4.69) is 10.3 Å². The zero-order valence-electron chi connectivity index (χ0n) is 18.9. The number of benzene rings is 3. The van der Waals surface area contributed by atoms with Gasteiger partial charge < -0.3 is 24.1 Å². The number of para-hydroxylation sites is 3. The average molecular weight is 446 g/mol. The molecule has 0 radical (unpaired) electrons. The molecule has 1 amide bonds. The molecule has 0 aliphatic carbocycles. The summed E-state index contributed by atoms with van der Waals surface area (Å²) in [5.74, 6) is 2.68. The maximum atomic E-state index is 13.0. The summed E-state index contributed by atoms with van der Waals surface area (Å²) in [6.45, 7) is 2.29. The third-order valence-corrected chi connectivity index (χ3v) is 5.43. The van der Waals surface area contributed by atoms with Crippen LogP contribution in [0.2, 0.25) is 0 Å². The van der Waals surface area contributed by atoms with E-state index < -0.39 is 0 Å². The van der Waals surface area contributed by atoms with Crippen LogP contribution in [0.25, 0.3) is 11.0 Å². The Kier molecular flexibility index (Phi) is 6.78. The molecule has 0 saturated heterocycles. The Morgan fingerprint density at radius 2 is 1.73 bits per heavy atom. The number of nitrogens with one attached hydrogen (secondary N) is 1. The molecule has 4 rings (SSSR count). The Bertz CT molecular complexity index is 1240. The molecule has 1 unspecified atom stereocenters. The number of hydrogen-bond donors (Lipinski definition) is 1. The lowest BCUT2D eigenvalue weighted by atomic mass is 10.1. The van der Waals surface area contributed by atoms with Crippen molar-refractivity contribution < 1.29 is 19.0 Å². The highest BCUT2D eigenvalue weighted by atomic mass is 16.5. The average Bonchev–Trinajstić information content (AvgIpc) is 3.20. The van der Waals surface area contributed by atoms with Gasteiger partial charge in [0.05, 0.1) is 31.3 Å². The molecule has 1 aromatic heterocycles. The van der Waals surface area contributed by atoms with Gasteiger partial charge in [-0.15, -0.1) is 0 Å². The third-order valence-electron chi connectivity index (χ3n) is 5.43. The van der Waals surface area contributed by atoms with Crippen LogP contribution < -0.4 is 19.5 Å². The summed E-state index contributed by atoms with van der Waals surface area (Å²) in [6, 6.07) is 22.6. The van der Waals surface area contributed by atoms with Crippen LogP contribution >= 0.6 is 0 Å². The molecule has 7 heteroatoms. The number of methoxy groups -OCH3 is 2. The molecule has 170 valence electrons. The summed E-state index contributed by atoms with van der Waals surface area (Å²) in [6.07, 6.45) is 0. The van der Waals surface area contributed by atoms with Crippen molar-refractivity contribution in [3.63, 3.8) is 0 Å². The number of carbonyl (C=O) groups excluding carboxylic acids is 1. The van der Waals surface area contributed by atoms with Crippen LogP contribution in [-0.2, 0) is 17.9 Å². The van der Waals surface area contributed by atoms with Gasteiger partial charge in [0.1, 0.15) is 36.2 Å². The first-order valence-electron chi connectivity index (χ1n) is 10.7. The van der Waals surface area contributed by atoms with E-state index in [1.807, 2.05) is 84.3 Å². The van der Waals surface area contributed by atoms with Crippen LogP contribution in [0.3, 0.4) is 0 Å². The number of carbonyl (C=O) groups is 1. The number of aromatic nitrogens is 2. The first-order chi connectivity index (χ1) is 16.1. The predicted molar refractivity (Wildman–Crippen MR) is 127 cm³/mol. The van der Waals surface area contributed by atoms with Crippen LogP contribution in [0.1, 0.15) is 24.4 Å². The van der Waals surface area contributed by atoms with Crippen molar-refractivity contribution in [3.05, 3.63) is 84.2 Å². The minimum atomic E-state index is -0.277. The predicted octanol–water partition coefficient (Wildman–Crippen LogP) is 4.51. The monoisotopic (exact) mass is 445 g/mol. The topological polar surface area (TPSA) is 74.6 Å². The fourth-order valence-corrected chi connectivity index (χ4v) is 3.76. The van der Waals surface area contributed by atoms with E-state index >= 15 is 0 Å². The summed E-state index contributed by atoms with van der Waals surface area (Å²) in [5, 5.41) is 3.06. The largest absolute Gasteiger partial charge is 0.497 e. The number of hydrogen-bond acceptors (Lipinski definition) is 5. The quantitative estimate of drug-likeness (QED) is 0.410. The lowest BCUT2D eigenvalue weighted by molar-refractivity contribution is -0.122. The van der Waals surface area contributed by atoms with E-state index in [0.717, 1.165) is 22.3 Å². The molecule has 1 N–H and O–H groups in total. The van der Waals surface area contributed by atoms with Crippen molar-refractivity contribution >= 4 is 16.9 Å². The molecule has 1 atom stereocenters. The lowest BCUT2D eigenvalue weighted by Crippen LogP contribution is -2.31. The normalized spacial score (nSPS) is 11.7. The van der Waals surface area contributed by atoms with E-state index in [1.54, 1.807) is 14.2 Å². The van der Waals surface area contributed by atoms with Gasteiger partial charge in [-0.2, -0.15) is 0 Å². The van der Waals surface area contributed by atoms with Crippen LogP contribution in [0, 0.1) is 0 Å². The summed E-state index contributed by atoms with van der Waals surface area (Å²) < 4.78 is 18.6. The lowest BCUT2D eigenvalue weighted by Gasteiger charge is -2.19. The van der Waals surface area contributed by atoms with Gasteiger partial charge in [-0.05, 0) is 49.4 Å². The fourth-order valence-electron chi connectivity index (χ4n) is 3.76. The maximum Gasteiger partial charge on any atom is 0.240 e. The zero-order chi connectivity index (χ0) is 23.2. The highest BCUT2D eigenvalue weighted by Crippen LogP contribution is 2.29. The Morgan fingerprint density at radius 3 is 2.48 bits per heavy atom. The van der Waals surface area contributed by atoms with Crippen LogP contribution in [0.4, 0.5) is 0 Å². The molecule has 0 aliphatic heterocycles. The smallest absolute Gasteiger partial charge is 0.240 e. The van der Waals surface area contributed by atoms with Crippen LogP contribution in [0.5, 0.6) is 17.2 Å². The standard InChI is InChI=1S/C26H27N3O4/c1-18(21-15-20(31-2)13-14-24(21)32-3)27-26(30)16-29-23-12-8-7-11-22(23)28-25(29)17-33-19-9-5-4-6-10-19/h4-15,18H,16-17H2,1-3H3,(H,27,30). The zero-order valence-corrected chi connectivity index (χ0v) is 18.9. The van der Waals surface area contributed by atoms with Gasteiger partial charge in [0.2, 0.25) is 5.91 Å². The maximum absolute atomic E-state index is 13.0. The van der Waals surface area contributed by atoms with Crippen molar-refractivity contribution in [1.29, 1.82) is 0 Å². The van der Waals surface area contributed by atoms with Crippen molar-refractivity contribution in [1.82, 2.24) is 14.9 Å². The molecule has 3 aromatic carbocycles. The molecule has 4 aromatic rings. The second-order valence-electron chi connectivity index (χ2n) is 7.60. The van der Waals surface area contributed by atoms with Gasteiger partial charge in [0.25, 0.3) is 0 Å². The van der Waals surface area contributed by atoms with Gasteiger partial charge >= 0.3 is 0 Å². The minimum absolute atomic E-state index is 0.116. The first kappa shape index (κ1) is 22.2. The Labute approximate surface area is 192 Å². The first-order valence-corrected chi connectivity index (χ1v) is 10.7. The van der Waals surface area contributed by atoms with E-state index in [4.69, 9.17) is 14.2 Å². The Balaban J connectivity index is 1.54. The molecule has 0 fully saturated rings. The highest BCUT2D eigenvalue weighted by Gasteiger charge is 2.18. The van der Waals surface area contributed by atoms with Crippen LogP contribution in [0.15, 0.2) is 72.8 Å². The summed E-state index contributed by atoms with van der Waals surface area (Å²) in [5.41, 5.74) is 2.54. The molecule has 33 heavy (non-hydrogen) atoms. The van der Waals surface area contributed by atoms with Crippen molar-refractivity contribution in [2.45, 2.75) is 26.1 Å². The molecular formula is C26H27N3O4. The van der Waals surface area contributed by atoms with Gasteiger partial charge in [-0.25, -0.2) is 4.98 Å². The summed E-state index contributed by atoms with van der Waals surface area (Å²) in [4.78, 5) is 17.7. The van der Waals surface area contributed by atoms with Gasteiger partial charge in [-0.3, -0.25) is 4.79 Å². The fraction of sp³-hybridized carbons (Fsp3) is 0.231. The van der Waals surface area contributed by atoms with Gasteiger partial charge in [0, 0.05) is 5.56 Å². The molecule has 7 nitrogen and oxygen atoms in total. The van der Waals surface area contributed by atoms with Gasteiger partial charge in [-0.1, -0.05) is 30.3 Å². The number of amides is 1. The summed E-state index contributed by atoms with van der Waals surface area (Å²) in [7, 11) is 3.22. The molecule has 0 aliphatic rings. The molecule has 1 heterocycles. The second-order valence-corrected chi connectivity index (χ2v) is 7.60. The molecule has 0 saturated carbocycles. The number of ether oxygens (including phenoxy) is 3. The van der Waals surface area contributed by atoms with E-state index in [9.17, 15) is 4.79 Å². The highest BCUT2D eigenvalue weighted by molar-refractivity contribution is 5.81. The number of fused-ring (bicyclic) bond motifs is 1. The van der Waals surface area contributed by atoms with Crippen molar-refractivity contribution in [3.8, 4) is 17.2 Å². The van der Waals surface area contributed by atoms with E-state index in [0.29, 0.717) is 17.3 Å². The Hall–Kier alpha value is -4.00. The van der Waals surface area contributed by atoms with Crippen molar-refractivity contribution in [2.75, 3.05) is 14.2 Å². The number of rotatable bonds is 9. The molecular weight excluding hydrogens is 418 g/mol. The Morgan fingerprint density at radius 1 is 0.970 bits per heavy atom.